The molecule has 138 valence electrons. The molecule has 27 heavy (non-hydrogen) atoms. The lowest BCUT2D eigenvalue weighted by atomic mass is 10.3. The predicted octanol–water partition coefficient (Wildman–Crippen LogP) is 4.73. The van der Waals surface area contributed by atoms with Crippen molar-refractivity contribution in [3.63, 3.8) is 0 Å². The second-order valence-corrected chi connectivity index (χ2v) is 8.14. The average Bonchev–Trinajstić information content (AvgIpc) is 3.11. The molecule has 1 N–H and O–H groups in total. The van der Waals surface area contributed by atoms with Crippen molar-refractivity contribution >= 4 is 35.1 Å². The van der Waals surface area contributed by atoms with Gasteiger partial charge in [-0.15, -0.1) is 16.8 Å². The highest BCUT2D eigenvalue weighted by atomic mass is 32.2. The fraction of sp³-hybridized carbons (Fsp3) is 0.150. The molecule has 1 heterocycles. The van der Waals surface area contributed by atoms with E-state index in [1.165, 1.54) is 11.8 Å². The smallest absolute Gasteiger partial charge is 0.237 e. The maximum atomic E-state index is 12.7. The molecule has 0 spiro atoms. The van der Waals surface area contributed by atoms with Crippen LogP contribution in [0.5, 0.6) is 0 Å². The zero-order valence-electron chi connectivity index (χ0n) is 14.9. The van der Waals surface area contributed by atoms with Crippen LogP contribution >= 0.6 is 23.5 Å². The molecule has 0 unspecified atom stereocenters. The monoisotopic (exact) mass is 396 g/mol. The van der Waals surface area contributed by atoms with Crippen LogP contribution in [0.1, 0.15) is 6.92 Å². The van der Waals surface area contributed by atoms with E-state index in [1.54, 1.807) is 24.2 Å². The van der Waals surface area contributed by atoms with Gasteiger partial charge in [-0.2, -0.15) is 0 Å². The van der Waals surface area contributed by atoms with Gasteiger partial charge in [0.2, 0.25) is 5.91 Å². The molecule has 0 fully saturated rings. The molecule has 0 saturated carbocycles. The first-order valence-electron chi connectivity index (χ1n) is 8.45. The van der Waals surface area contributed by atoms with Gasteiger partial charge >= 0.3 is 0 Å². The van der Waals surface area contributed by atoms with Gasteiger partial charge in [-0.1, -0.05) is 59.9 Å². The van der Waals surface area contributed by atoms with E-state index in [9.17, 15) is 4.79 Å². The summed E-state index contributed by atoms with van der Waals surface area (Å²) in [6.07, 6.45) is 3.41. The van der Waals surface area contributed by atoms with E-state index in [4.69, 9.17) is 0 Å². The summed E-state index contributed by atoms with van der Waals surface area (Å²) in [6.45, 7) is 6.20. The summed E-state index contributed by atoms with van der Waals surface area (Å²) in [5.41, 5.74) is 0.802. The van der Waals surface area contributed by atoms with Crippen LogP contribution in [0.3, 0.4) is 0 Å². The Labute approximate surface area is 167 Å². The lowest BCUT2D eigenvalue weighted by Crippen LogP contribution is -2.23. The lowest BCUT2D eigenvalue weighted by Gasteiger charge is -2.14. The first kappa shape index (κ1) is 19.3. The summed E-state index contributed by atoms with van der Waals surface area (Å²) in [5, 5.41) is 11.4. The Morgan fingerprint density at radius 3 is 2.74 bits per heavy atom. The number of amides is 1. The molecule has 0 aliphatic heterocycles. The molecule has 5 nitrogen and oxygen atoms in total. The van der Waals surface area contributed by atoms with Gasteiger partial charge in [0.15, 0.2) is 5.16 Å². The number of carbonyl (C=O) groups is 1. The number of thioether (sulfide) groups is 1. The first-order valence-corrected chi connectivity index (χ1v) is 10.1. The van der Waals surface area contributed by atoms with E-state index in [0.717, 1.165) is 15.5 Å². The number of rotatable bonds is 8. The highest BCUT2D eigenvalue weighted by Gasteiger charge is 2.19. The topological polar surface area (TPSA) is 59.8 Å². The quantitative estimate of drug-likeness (QED) is 0.440. The van der Waals surface area contributed by atoms with Gasteiger partial charge in [0.25, 0.3) is 0 Å². The van der Waals surface area contributed by atoms with Crippen molar-refractivity contribution in [1.29, 1.82) is 0 Å². The average molecular weight is 397 g/mol. The zero-order valence-corrected chi connectivity index (χ0v) is 16.5. The fourth-order valence-electron chi connectivity index (χ4n) is 2.32. The molecule has 7 heteroatoms. The molecule has 1 atom stereocenters. The summed E-state index contributed by atoms with van der Waals surface area (Å²) in [5.74, 6) is -0.0748. The van der Waals surface area contributed by atoms with E-state index in [2.05, 4.69) is 22.1 Å². The highest BCUT2D eigenvalue weighted by molar-refractivity contribution is 8.00. The van der Waals surface area contributed by atoms with Crippen molar-refractivity contribution in [3.8, 4) is 0 Å². The van der Waals surface area contributed by atoms with Gasteiger partial charge in [0, 0.05) is 16.3 Å². The Balaban J connectivity index is 1.68. The van der Waals surface area contributed by atoms with Gasteiger partial charge in [-0.3, -0.25) is 4.79 Å². The molecule has 3 aromatic rings. The Morgan fingerprint density at radius 1 is 1.22 bits per heavy atom. The molecule has 0 aliphatic rings. The van der Waals surface area contributed by atoms with Crippen molar-refractivity contribution in [2.75, 3.05) is 5.32 Å². The third-order valence-electron chi connectivity index (χ3n) is 3.67. The number of anilines is 1. The molecule has 0 aliphatic carbocycles. The van der Waals surface area contributed by atoms with E-state index in [1.807, 2.05) is 66.1 Å². The molecule has 1 amide bonds. The van der Waals surface area contributed by atoms with Gasteiger partial charge < -0.3 is 9.88 Å². The number of nitrogens with zero attached hydrogens (tertiary/aromatic N) is 3. The van der Waals surface area contributed by atoms with Gasteiger partial charge in [0.05, 0.1) is 10.9 Å². The van der Waals surface area contributed by atoms with Gasteiger partial charge in [0.1, 0.15) is 6.33 Å². The number of nitrogens with one attached hydrogen (secondary N) is 1. The number of benzene rings is 2. The van der Waals surface area contributed by atoms with E-state index >= 15 is 0 Å². The van der Waals surface area contributed by atoms with Crippen LogP contribution in [-0.4, -0.2) is 25.9 Å². The van der Waals surface area contributed by atoms with Crippen molar-refractivity contribution < 1.29 is 4.79 Å². The molecular formula is C20H20N4OS2. The molecule has 0 bridgehead atoms. The Hall–Kier alpha value is -2.51. The first-order chi connectivity index (χ1) is 13.2. The number of hydrogen-bond donors (Lipinski definition) is 1. The Kier molecular flexibility index (Phi) is 6.73. The number of hydrogen-bond acceptors (Lipinski definition) is 5. The van der Waals surface area contributed by atoms with Gasteiger partial charge in [-0.05, 0) is 31.2 Å². The Morgan fingerprint density at radius 2 is 1.96 bits per heavy atom. The van der Waals surface area contributed by atoms with E-state index in [-0.39, 0.29) is 11.2 Å². The summed E-state index contributed by atoms with van der Waals surface area (Å²) in [6, 6.07) is 17.9. The van der Waals surface area contributed by atoms with Gasteiger partial charge in [-0.25, -0.2) is 0 Å². The highest BCUT2D eigenvalue weighted by Crippen LogP contribution is 2.33. The predicted molar refractivity (Wildman–Crippen MR) is 111 cm³/mol. The third kappa shape index (κ3) is 5.24. The number of aromatic nitrogens is 3. The van der Waals surface area contributed by atoms with Crippen LogP contribution in [0.2, 0.25) is 0 Å². The molecule has 0 saturated heterocycles. The molecule has 2 aromatic carbocycles. The van der Waals surface area contributed by atoms with Crippen molar-refractivity contribution in [2.45, 2.75) is 33.7 Å². The van der Waals surface area contributed by atoms with E-state index in [0.29, 0.717) is 11.7 Å². The van der Waals surface area contributed by atoms with Crippen molar-refractivity contribution in [2.24, 2.45) is 0 Å². The standard InChI is InChI=1S/C20H20N4OS2/c1-3-13-24-14-21-23-20(24)26-15(2)19(25)22-17-11-7-8-12-18(17)27-16-9-5-4-6-10-16/h3-12,14-15H,1,13H2,2H3,(H,22,25)/t15-/m1/s1. The van der Waals surface area contributed by atoms with Crippen LogP contribution in [0.4, 0.5) is 5.69 Å². The second-order valence-electron chi connectivity index (χ2n) is 5.72. The summed E-state index contributed by atoms with van der Waals surface area (Å²) in [7, 11) is 0. The summed E-state index contributed by atoms with van der Waals surface area (Å²) >= 11 is 3.00. The Bertz CT molecular complexity index is 911. The van der Waals surface area contributed by atoms with Crippen molar-refractivity contribution in [3.05, 3.63) is 73.6 Å². The largest absolute Gasteiger partial charge is 0.324 e. The fourth-order valence-corrected chi connectivity index (χ4v) is 4.08. The minimum atomic E-state index is -0.312. The van der Waals surface area contributed by atoms with Crippen molar-refractivity contribution in [1.82, 2.24) is 14.8 Å². The normalized spacial score (nSPS) is 11.7. The number of carbonyl (C=O) groups excluding carboxylic acids is 1. The van der Waals surface area contributed by atoms with Crippen LogP contribution in [-0.2, 0) is 11.3 Å². The minimum Gasteiger partial charge on any atom is -0.324 e. The maximum Gasteiger partial charge on any atom is 0.237 e. The maximum absolute atomic E-state index is 12.7. The van der Waals surface area contributed by atoms with Crippen LogP contribution < -0.4 is 5.32 Å². The SMILES string of the molecule is C=CCn1cnnc1S[C@H](C)C(=O)Nc1ccccc1Sc1ccccc1. The number of para-hydroxylation sites is 1. The van der Waals surface area contributed by atoms with Crippen LogP contribution in [0, 0.1) is 0 Å². The molecule has 1 aromatic heterocycles. The van der Waals surface area contributed by atoms with E-state index < -0.39 is 0 Å². The summed E-state index contributed by atoms with van der Waals surface area (Å²) in [4.78, 5) is 14.8. The minimum absolute atomic E-state index is 0.0748. The molecular weight excluding hydrogens is 376 g/mol. The zero-order chi connectivity index (χ0) is 19.1. The lowest BCUT2D eigenvalue weighted by molar-refractivity contribution is -0.115. The van der Waals surface area contributed by atoms with Crippen LogP contribution in [0.25, 0.3) is 0 Å². The second kappa shape index (κ2) is 9.43. The third-order valence-corrected chi connectivity index (χ3v) is 5.85. The number of allylic oxidation sites excluding steroid dienone is 1. The molecule has 0 radical (unpaired) electrons. The van der Waals surface area contributed by atoms with Crippen LogP contribution in [0.15, 0.2) is 88.5 Å². The summed E-state index contributed by atoms with van der Waals surface area (Å²) < 4.78 is 1.86. The molecule has 3 rings (SSSR count).